The van der Waals surface area contributed by atoms with Crippen molar-refractivity contribution in [2.75, 3.05) is 26.2 Å². The van der Waals surface area contributed by atoms with Gasteiger partial charge in [0.25, 0.3) is 11.8 Å². The summed E-state index contributed by atoms with van der Waals surface area (Å²) in [5.74, 6) is -0.660. The smallest absolute Gasteiger partial charge is 0.325 e. The number of carbonyl (C=O) groups excluding carboxylic acids is 4. The molecule has 0 spiro atoms. The highest BCUT2D eigenvalue weighted by Crippen LogP contribution is 2.26. The highest BCUT2D eigenvalue weighted by molar-refractivity contribution is 6.09. The van der Waals surface area contributed by atoms with E-state index in [1.54, 1.807) is 35.8 Å². The number of nitrogens with zero attached hydrogens (tertiary/aromatic N) is 3. The number of aryl methyl sites for hydroxylation is 1. The monoisotopic (exact) mass is 452 g/mol. The van der Waals surface area contributed by atoms with Crippen LogP contribution in [0, 0.1) is 0 Å². The average molecular weight is 453 g/mol. The molecule has 2 fully saturated rings. The SMILES string of the molecule is C[C@@H](C(=O)N1CCN(C(=O)c2ccco2)CC1)N1C(=O)N[C@@](C)(CCc2ccccc2)C1=O. The van der Waals surface area contributed by atoms with Crippen LogP contribution in [0.15, 0.2) is 53.1 Å². The first-order valence-corrected chi connectivity index (χ1v) is 11.1. The van der Waals surface area contributed by atoms with E-state index in [0.717, 1.165) is 10.5 Å². The number of urea groups is 1. The van der Waals surface area contributed by atoms with E-state index in [1.165, 1.54) is 6.26 Å². The van der Waals surface area contributed by atoms with Crippen LogP contribution in [0.4, 0.5) is 4.79 Å². The van der Waals surface area contributed by atoms with Crippen LogP contribution in [0.3, 0.4) is 0 Å². The summed E-state index contributed by atoms with van der Waals surface area (Å²) in [5.41, 5.74) is 0.0145. The third-order valence-electron chi connectivity index (χ3n) is 6.40. The van der Waals surface area contributed by atoms with Gasteiger partial charge in [0.1, 0.15) is 11.6 Å². The van der Waals surface area contributed by atoms with Crippen LogP contribution in [0.5, 0.6) is 0 Å². The summed E-state index contributed by atoms with van der Waals surface area (Å²) in [6.45, 7) is 4.63. The van der Waals surface area contributed by atoms with E-state index >= 15 is 0 Å². The number of piperazine rings is 1. The van der Waals surface area contributed by atoms with Crippen LogP contribution in [-0.4, -0.2) is 76.2 Å². The lowest BCUT2D eigenvalue weighted by molar-refractivity contribution is -0.143. The van der Waals surface area contributed by atoms with Gasteiger partial charge in [0.05, 0.1) is 6.26 Å². The number of carbonyl (C=O) groups is 4. The third-order valence-corrected chi connectivity index (χ3v) is 6.40. The Balaban J connectivity index is 1.35. The van der Waals surface area contributed by atoms with Gasteiger partial charge in [-0.1, -0.05) is 30.3 Å². The first-order chi connectivity index (χ1) is 15.8. The van der Waals surface area contributed by atoms with E-state index in [-0.39, 0.29) is 17.6 Å². The zero-order valence-electron chi connectivity index (χ0n) is 18.8. The fraction of sp³-hybridized carbons (Fsp3) is 0.417. The number of hydrogen-bond donors (Lipinski definition) is 1. The van der Waals surface area contributed by atoms with Gasteiger partial charge in [-0.15, -0.1) is 0 Å². The number of benzene rings is 1. The molecule has 9 heteroatoms. The molecule has 174 valence electrons. The van der Waals surface area contributed by atoms with Crippen LogP contribution in [0.25, 0.3) is 0 Å². The second-order valence-corrected chi connectivity index (χ2v) is 8.69. The lowest BCUT2D eigenvalue weighted by Crippen LogP contribution is -2.56. The molecule has 1 aromatic carbocycles. The predicted octanol–water partition coefficient (Wildman–Crippen LogP) is 1.90. The quantitative estimate of drug-likeness (QED) is 0.675. The van der Waals surface area contributed by atoms with Crippen LogP contribution in [-0.2, 0) is 16.0 Å². The molecule has 1 aromatic heterocycles. The fourth-order valence-electron chi connectivity index (χ4n) is 4.33. The van der Waals surface area contributed by atoms with Crippen molar-refractivity contribution in [2.45, 2.75) is 38.3 Å². The van der Waals surface area contributed by atoms with Crippen LogP contribution in [0.2, 0.25) is 0 Å². The highest BCUT2D eigenvalue weighted by atomic mass is 16.3. The predicted molar refractivity (Wildman–Crippen MR) is 119 cm³/mol. The maximum Gasteiger partial charge on any atom is 0.325 e. The van der Waals surface area contributed by atoms with Crippen molar-refractivity contribution in [2.24, 2.45) is 0 Å². The van der Waals surface area contributed by atoms with Crippen molar-refractivity contribution >= 4 is 23.8 Å². The van der Waals surface area contributed by atoms with Gasteiger partial charge < -0.3 is 19.5 Å². The third kappa shape index (κ3) is 4.48. The molecule has 3 heterocycles. The van der Waals surface area contributed by atoms with Gasteiger partial charge >= 0.3 is 6.03 Å². The Labute approximate surface area is 192 Å². The number of furan rings is 1. The lowest BCUT2D eigenvalue weighted by atomic mass is 9.93. The van der Waals surface area contributed by atoms with E-state index in [1.807, 2.05) is 30.3 Å². The molecular weight excluding hydrogens is 424 g/mol. The Morgan fingerprint density at radius 3 is 2.33 bits per heavy atom. The van der Waals surface area contributed by atoms with Crippen molar-refractivity contribution < 1.29 is 23.6 Å². The second kappa shape index (κ2) is 9.09. The molecule has 33 heavy (non-hydrogen) atoms. The van der Waals surface area contributed by atoms with Crippen molar-refractivity contribution in [3.8, 4) is 0 Å². The van der Waals surface area contributed by atoms with Crippen LogP contribution < -0.4 is 5.32 Å². The number of hydrogen-bond acceptors (Lipinski definition) is 5. The van der Waals surface area contributed by atoms with Crippen LogP contribution >= 0.6 is 0 Å². The van der Waals surface area contributed by atoms with Crippen molar-refractivity contribution in [3.05, 3.63) is 60.1 Å². The zero-order valence-corrected chi connectivity index (χ0v) is 18.8. The second-order valence-electron chi connectivity index (χ2n) is 8.69. The lowest BCUT2D eigenvalue weighted by Gasteiger charge is -2.36. The molecule has 9 nitrogen and oxygen atoms in total. The Morgan fingerprint density at radius 2 is 1.70 bits per heavy atom. The number of rotatable bonds is 6. The average Bonchev–Trinajstić information content (AvgIpc) is 3.44. The van der Waals surface area contributed by atoms with Gasteiger partial charge in [0, 0.05) is 26.2 Å². The molecule has 1 N–H and O–H groups in total. The summed E-state index contributed by atoms with van der Waals surface area (Å²) in [5, 5.41) is 2.78. The first-order valence-electron chi connectivity index (χ1n) is 11.1. The van der Waals surface area contributed by atoms with Gasteiger partial charge in [-0.05, 0) is 44.4 Å². The van der Waals surface area contributed by atoms with Gasteiger partial charge in [-0.25, -0.2) is 9.69 Å². The molecule has 0 saturated carbocycles. The fourth-order valence-corrected chi connectivity index (χ4v) is 4.33. The van der Waals surface area contributed by atoms with Crippen molar-refractivity contribution in [1.29, 1.82) is 0 Å². The Bertz CT molecular complexity index is 1030. The molecule has 0 bridgehead atoms. The maximum absolute atomic E-state index is 13.2. The Hall–Kier alpha value is -3.62. The normalized spacial score (nSPS) is 21.8. The topological polar surface area (TPSA) is 103 Å². The summed E-state index contributed by atoms with van der Waals surface area (Å²) in [6.07, 6.45) is 2.51. The minimum atomic E-state index is -1.06. The number of imide groups is 1. The van der Waals surface area contributed by atoms with E-state index in [9.17, 15) is 19.2 Å². The van der Waals surface area contributed by atoms with Gasteiger partial charge in [0.15, 0.2) is 5.76 Å². The molecule has 2 aliphatic rings. The molecule has 0 radical (unpaired) electrons. The van der Waals surface area contributed by atoms with E-state index in [4.69, 9.17) is 4.42 Å². The van der Waals surface area contributed by atoms with Gasteiger partial charge in [-0.2, -0.15) is 0 Å². The van der Waals surface area contributed by atoms with Crippen LogP contribution in [0.1, 0.15) is 36.4 Å². The summed E-state index contributed by atoms with van der Waals surface area (Å²) in [6, 6.07) is 11.5. The zero-order chi connectivity index (χ0) is 23.6. The molecule has 2 aromatic rings. The Morgan fingerprint density at radius 1 is 1.03 bits per heavy atom. The minimum absolute atomic E-state index is 0.219. The maximum atomic E-state index is 13.2. The summed E-state index contributed by atoms with van der Waals surface area (Å²) >= 11 is 0. The molecule has 2 saturated heterocycles. The molecular formula is C24H28N4O5. The highest BCUT2D eigenvalue weighted by Gasteiger charge is 2.50. The van der Waals surface area contributed by atoms with Crippen molar-refractivity contribution in [3.63, 3.8) is 0 Å². The number of nitrogens with one attached hydrogen (secondary N) is 1. The molecule has 4 rings (SSSR count). The molecule has 2 atom stereocenters. The Kier molecular flexibility index (Phi) is 6.22. The summed E-state index contributed by atoms with van der Waals surface area (Å²) in [7, 11) is 0. The van der Waals surface area contributed by atoms with Gasteiger partial charge in [0.2, 0.25) is 5.91 Å². The summed E-state index contributed by atoms with van der Waals surface area (Å²) in [4.78, 5) is 55.6. The van der Waals surface area contributed by atoms with E-state index < -0.39 is 23.5 Å². The molecule has 0 unspecified atom stereocenters. The largest absolute Gasteiger partial charge is 0.459 e. The van der Waals surface area contributed by atoms with Crippen molar-refractivity contribution in [1.82, 2.24) is 20.0 Å². The standard InChI is InChI=1S/C24H28N4O5/c1-17(20(29)26-12-14-27(15-13-26)21(30)19-9-6-16-33-19)28-22(31)24(2,25-23(28)32)11-10-18-7-4-3-5-8-18/h3-9,16-17H,10-15H2,1-2H3,(H,25,32)/t17-,24-/m0/s1. The molecule has 5 amide bonds. The van der Waals surface area contributed by atoms with E-state index in [2.05, 4.69) is 5.32 Å². The first kappa shape index (κ1) is 22.6. The molecule has 0 aliphatic carbocycles. The van der Waals surface area contributed by atoms with E-state index in [0.29, 0.717) is 39.0 Å². The minimum Gasteiger partial charge on any atom is -0.459 e. The molecule has 2 aliphatic heterocycles. The number of amides is 5. The summed E-state index contributed by atoms with van der Waals surface area (Å²) < 4.78 is 5.16. The van der Waals surface area contributed by atoms with Gasteiger partial charge in [-0.3, -0.25) is 14.4 Å².